The lowest BCUT2D eigenvalue weighted by Crippen LogP contribution is -2.55. The van der Waals surface area contributed by atoms with Gasteiger partial charge in [-0.25, -0.2) is 9.78 Å². The zero-order chi connectivity index (χ0) is 19.6. The number of benzene rings is 1. The van der Waals surface area contributed by atoms with Gasteiger partial charge in [-0.3, -0.25) is 14.5 Å². The Bertz CT molecular complexity index is 595. The fraction of sp³-hybridized carbons (Fsp3) is 0.600. The molecule has 7 nitrogen and oxygen atoms in total. The van der Waals surface area contributed by atoms with Gasteiger partial charge in [-0.15, -0.1) is 0 Å². The van der Waals surface area contributed by atoms with Crippen LogP contribution in [-0.4, -0.2) is 68.6 Å². The summed E-state index contributed by atoms with van der Waals surface area (Å²) in [4.78, 5) is 38.9. The number of piperidine rings is 1. The summed E-state index contributed by atoms with van der Waals surface area (Å²) < 4.78 is 4.89. The number of ether oxygens (including phenoxy) is 1. The summed E-state index contributed by atoms with van der Waals surface area (Å²) in [5.74, 6) is -0.780. The Morgan fingerprint density at radius 1 is 1.22 bits per heavy atom. The molecule has 0 N–H and O–H groups in total. The molecule has 1 aromatic carbocycles. The molecular formula is C20H30N2O5. The minimum Gasteiger partial charge on any atom is -0.469 e. The number of esters is 1. The van der Waals surface area contributed by atoms with E-state index >= 15 is 0 Å². The standard InChI is InChI=1S/C20H30N2O5/c1-21-12-7-11-17(20(24)25-3)18(21)19(23)22(2)13-8-14-26-27-15-16-9-5-4-6-10-16/h4-6,9-10,17-18H,7-8,11-15H2,1-3H3/t17-,18+/m1/s1. The normalized spacial score (nSPS) is 20.3. The van der Waals surface area contributed by atoms with Crippen LogP contribution in [0.25, 0.3) is 0 Å². The lowest BCUT2D eigenvalue weighted by atomic mass is 9.88. The number of likely N-dealkylation sites (N-methyl/N-ethyl adjacent to an activating group) is 2. The molecule has 1 amide bonds. The van der Waals surface area contributed by atoms with E-state index in [1.165, 1.54) is 7.11 Å². The van der Waals surface area contributed by atoms with Crippen LogP contribution >= 0.6 is 0 Å². The molecule has 1 aromatic rings. The summed E-state index contributed by atoms with van der Waals surface area (Å²) in [6, 6.07) is 9.31. The van der Waals surface area contributed by atoms with Gasteiger partial charge >= 0.3 is 5.97 Å². The van der Waals surface area contributed by atoms with Crippen LogP contribution in [0.2, 0.25) is 0 Å². The number of likely N-dealkylation sites (tertiary alicyclic amines) is 1. The van der Waals surface area contributed by atoms with Crippen molar-refractivity contribution in [2.24, 2.45) is 5.92 Å². The lowest BCUT2D eigenvalue weighted by molar-refractivity contribution is -0.304. The molecule has 1 aliphatic heterocycles. The second kappa shape index (κ2) is 11.0. The molecular weight excluding hydrogens is 348 g/mol. The first-order valence-corrected chi connectivity index (χ1v) is 9.36. The maximum Gasteiger partial charge on any atom is 0.310 e. The van der Waals surface area contributed by atoms with Gasteiger partial charge < -0.3 is 9.64 Å². The maximum atomic E-state index is 12.8. The van der Waals surface area contributed by atoms with Crippen molar-refractivity contribution >= 4 is 11.9 Å². The van der Waals surface area contributed by atoms with Crippen LogP contribution in [0.4, 0.5) is 0 Å². The highest BCUT2D eigenvalue weighted by Gasteiger charge is 2.40. The number of carbonyl (C=O) groups excluding carboxylic acids is 2. The van der Waals surface area contributed by atoms with Gasteiger partial charge in [-0.05, 0) is 38.4 Å². The van der Waals surface area contributed by atoms with Gasteiger partial charge in [-0.2, -0.15) is 0 Å². The molecule has 2 rings (SSSR count). The number of rotatable bonds is 9. The predicted molar refractivity (Wildman–Crippen MR) is 101 cm³/mol. The van der Waals surface area contributed by atoms with Crippen molar-refractivity contribution in [3.05, 3.63) is 35.9 Å². The zero-order valence-corrected chi connectivity index (χ0v) is 16.4. The van der Waals surface area contributed by atoms with Crippen molar-refractivity contribution in [2.45, 2.75) is 31.9 Å². The molecule has 1 aliphatic rings. The Kier molecular flexibility index (Phi) is 8.71. The molecule has 27 heavy (non-hydrogen) atoms. The molecule has 0 unspecified atom stereocenters. The second-order valence-electron chi connectivity index (χ2n) is 6.88. The molecule has 0 aliphatic carbocycles. The van der Waals surface area contributed by atoms with Crippen LogP contribution in [0.3, 0.4) is 0 Å². The smallest absolute Gasteiger partial charge is 0.310 e. The van der Waals surface area contributed by atoms with Crippen molar-refractivity contribution in [3.8, 4) is 0 Å². The quantitative estimate of drug-likeness (QED) is 0.283. The van der Waals surface area contributed by atoms with E-state index in [4.69, 9.17) is 14.5 Å². The van der Waals surface area contributed by atoms with Crippen molar-refractivity contribution in [1.29, 1.82) is 0 Å². The van der Waals surface area contributed by atoms with Crippen molar-refractivity contribution < 1.29 is 24.1 Å². The Morgan fingerprint density at radius 3 is 2.67 bits per heavy atom. The predicted octanol–water partition coefficient (Wildman–Crippen LogP) is 1.87. The first kappa shape index (κ1) is 21.3. The number of amides is 1. The van der Waals surface area contributed by atoms with Crippen molar-refractivity contribution in [3.63, 3.8) is 0 Å². The molecule has 0 aromatic heterocycles. The molecule has 1 saturated heterocycles. The SMILES string of the molecule is COC(=O)[C@@H]1CCCN(C)[C@@H]1C(=O)N(C)CCCOOCc1ccccc1. The van der Waals surface area contributed by atoms with Gasteiger partial charge in [0.25, 0.3) is 0 Å². The molecule has 1 fully saturated rings. The summed E-state index contributed by atoms with van der Waals surface area (Å²) >= 11 is 0. The van der Waals surface area contributed by atoms with Crippen molar-refractivity contribution in [2.75, 3.05) is 40.9 Å². The first-order chi connectivity index (χ1) is 13.0. The summed E-state index contributed by atoms with van der Waals surface area (Å²) in [6.07, 6.45) is 2.21. The largest absolute Gasteiger partial charge is 0.469 e. The fourth-order valence-corrected chi connectivity index (χ4v) is 3.36. The number of nitrogens with zero attached hydrogens (tertiary/aromatic N) is 2. The third-order valence-corrected chi connectivity index (χ3v) is 4.89. The average Bonchev–Trinajstić information content (AvgIpc) is 2.69. The van der Waals surface area contributed by atoms with E-state index in [1.54, 1.807) is 11.9 Å². The molecule has 7 heteroatoms. The van der Waals surface area contributed by atoms with Crippen LogP contribution in [0.15, 0.2) is 30.3 Å². The summed E-state index contributed by atoms with van der Waals surface area (Å²) in [5, 5.41) is 0. The first-order valence-electron chi connectivity index (χ1n) is 9.36. The third kappa shape index (κ3) is 6.30. The highest BCUT2D eigenvalue weighted by atomic mass is 17.2. The Balaban J connectivity index is 1.72. The van der Waals surface area contributed by atoms with Crippen LogP contribution in [0.5, 0.6) is 0 Å². The highest BCUT2D eigenvalue weighted by molar-refractivity contribution is 5.88. The molecule has 0 radical (unpaired) electrons. The van der Waals surface area contributed by atoms with Gasteiger partial charge in [0.1, 0.15) is 12.6 Å². The molecule has 150 valence electrons. The van der Waals surface area contributed by atoms with Gasteiger partial charge in [0, 0.05) is 13.6 Å². The number of carbonyl (C=O) groups is 2. The second-order valence-corrected chi connectivity index (χ2v) is 6.88. The minimum absolute atomic E-state index is 0.0576. The summed E-state index contributed by atoms with van der Waals surface area (Å²) in [6.45, 7) is 2.12. The summed E-state index contributed by atoms with van der Waals surface area (Å²) in [7, 11) is 5.00. The van der Waals surface area contributed by atoms with E-state index in [1.807, 2.05) is 42.3 Å². The molecule has 2 atom stereocenters. The molecule has 1 heterocycles. The van der Waals surface area contributed by atoms with Gasteiger partial charge in [0.2, 0.25) is 5.91 Å². The molecule has 0 saturated carbocycles. The van der Waals surface area contributed by atoms with Crippen LogP contribution in [0, 0.1) is 5.92 Å². The number of hydrogen-bond acceptors (Lipinski definition) is 6. The minimum atomic E-state index is -0.466. The van der Waals surface area contributed by atoms with E-state index in [0.29, 0.717) is 32.6 Å². The monoisotopic (exact) mass is 378 g/mol. The van der Waals surface area contributed by atoms with Gasteiger partial charge in [0.05, 0.1) is 19.6 Å². The van der Waals surface area contributed by atoms with Crippen LogP contribution < -0.4 is 0 Å². The molecule has 0 spiro atoms. The average molecular weight is 378 g/mol. The van der Waals surface area contributed by atoms with E-state index in [9.17, 15) is 9.59 Å². The summed E-state index contributed by atoms with van der Waals surface area (Å²) in [5.41, 5.74) is 1.04. The van der Waals surface area contributed by atoms with E-state index in [0.717, 1.165) is 18.5 Å². The third-order valence-electron chi connectivity index (χ3n) is 4.89. The number of methoxy groups -OCH3 is 1. The van der Waals surface area contributed by atoms with Crippen LogP contribution in [0.1, 0.15) is 24.8 Å². The van der Waals surface area contributed by atoms with E-state index in [2.05, 4.69) is 0 Å². The molecule has 0 bridgehead atoms. The number of hydrogen-bond donors (Lipinski definition) is 0. The van der Waals surface area contributed by atoms with E-state index in [-0.39, 0.29) is 11.9 Å². The Morgan fingerprint density at radius 2 is 1.96 bits per heavy atom. The fourth-order valence-electron chi connectivity index (χ4n) is 3.36. The highest BCUT2D eigenvalue weighted by Crippen LogP contribution is 2.25. The Hall–Kier alpha value is -1.96. The zero-order valence-electron chi connectivity index (χ0n) is 16.4. The van der Waals surface area contributed by atoms with E-state index < -0.39 is 12.0 Å². The van der Waals surface area contributed by atoms with Gasteiger partial charge in [-0.1, -0.05) is 30.3 Å². The van der Waals surface area contributed by atoms with Gasteiger partial charge in [0.15, 0.2) is 0 Å². The van der Waals surface area contributed by atoms with Crippen molar-refractivity contribution in [1.82, 2.24) is 9.80 Å². The maximum absolute atomic E-state index is 12.8. The Labute approximate surface area is 161 Å². The topological polar surface area (TPSA) is 68.3 Å². The van der Waals surface area contributed by atoms with Crippen LogP contribution in [-0.2, 0) is 30.7 Å². The lowest BCUT2D eigenvalue weighted by Gasteiger charge is -2.38.